The zero-order valence-corrected chi connectivity index (χ0v) is 21.3. The zero-order chi connectivity index (χ0) is 24.2. The van der Waals surface area contributed by atoms with Crippen molar-refractivity contribution in [3.63, 3.8) is 0 Å². The quantitative estimate of drug-likeness (QED) is 0.489. The van der Waals surface area contributed by atoms with E-state index >= 15 is 0 Å². The Kier molecular flexibility index (Phi) is 7.60. The summed E-state index contributed by atoms with van der Waals surface area (Å²) in [5.41, 5.74) is 3.42. The van der Waals surface area contributed by atoms with Gasteiger partial charge < -0.3 is 24.1 Å². The Labute approximate surface area is 205 Å². The van der Waals surface area contributed by atoms with E-state index in [0.717, 1.165) is 48.1 Å². The third kappa shape index (κ3) is 4.99. The van der Waals surface area contributed by atoms with Crippen molar-refractivity contribution in [2.24, 2.45) is 0 Å². The average molecular weight is 484 g/mol. The Morgan fingerprint density at radius 3 is 2.59 bits per heavy atom. The molecular weight excluding hydrogens is 450 g/mol. The number of rotatable bonds is 8. The van der Waals surface area contributed by atoms with Gasteiger partial charge in [0.1, 0.15) is 5.00 Å². The number of carbonyl (C=O) groups excluding carboxylic acids is 1. The van der Waals surface area contributed by atoms with Crippen LogP contribution in [0.2, 0.25) is 0 Å². The van der Waals surface area contributed by atoms with Crippen molar-refractivity contribution < 1.29 is 18.7 Å². The molecule has 1 aliphatic heterocycles. The smallest absolute Gasteiger partial charge is 0.291 e. The minimum absolute atomic E-state index is 0.0323. The van der Waals surface area contributed by atoms with Crippen LogP contribution in [-0.4, -0.2) is 62.7 Å². The minimum atomic E-state index is -0.242. The number of ether oxygens (including phenoxy) is 2. The molecule has 7 nitrogen and oxygen atoms in total. The molecule has 0 radical (unpaired) electrons. The van der Waals surface area contributed by atoms with Crippen LogP contribution in [0.15, 0.2) is 41.0 Å². The summed E-state index contributed by atoms with van der Waals surface area (Å²) in [5, 5.41) is 3.98. The number of nitrogens with one attached hydrogen (secondary N) is 1. The number of carbonyl (C=O) groups is 1. The van der Waals surface area contributed by atoms with Crippen LogP contribution in [-0.2, 0) is 0 Å². The highest BCUT2D eigenvalue weighted by Crippen LogP contribution is 2.44. The number of benzene rings is 1. The van der Waals surface area contributed by atoms with Crippen LogP contribution in [0.4, 0.5) is 5.00 Å². The maximum atomic E-state index is 12.9. The molecular formula is C26H33N3O4S. The highest BCUT2D eigenvalue weighted by Gasteiger charge is 2.32. The second kappa shape index (κ2) is 10.6. The van der Waals surface area contributed by atoms with Gasteiger partial charge in [-0.15, -0.1) is 11.3 Å². The molecule has 0 aliphatic carbocycles. The number of anilines is 1. The van der Waals surface area contributed by atoms with Gasteiger partial charge in [0.15, 0.2) is 17.3 Å². The maximum Gasteiger partial charge on any atom is 0.291 e. The summed E-state index contributed by atoms with van der Waals surface area (Å²) >= 11 is 1.61. The van der Waals surface area contributed by atoms with Gasteiger partial charge in [-0.1, -0.05) is 6.07 Å². The first kappa shape index (κ1) is 24.3. The highest BCUT2D eigenvalue weighted by atomic mass is 32.1. The van der Waals surface area contributed by atoms with Crippen molar-refractivity contribution in [3.05, 3.63) is 63.9 Å². The predicted molar refractivity (Wildman–Crippen MR) is 136 cm³/mol. The van der Waals surface area contributed by atoms with Crippen LogP contribution >= 0.6 is 11.3 Å². The summed E-state index contributed by atoms with van der Waals surface area (Å²) in [6, 6.07) is 9.53. The Bertz CT molecular complexity index is 1120. The van der Waals surface area contributed by atoms with Crippen LogP contribution in [0, 0.1) is 13.8 Å². The number of methoxy groups -OCH3 is 1. The largest absolute Gasteiger partial charge is 0.493 e. The fourth-order valence-corrected chi connectivity index (χ4v) is 5.50. The standard InChI is InChI=1S/C26H33N3O4S/c1-6-32-20-10-9-19(16-22(20)31-5)24(29-13-11-28(4)12-14-29)23-17(2)18(3)34-26(23)27-25(30)21-8-7-15-33-21/h7-10,15-16,24H,6,11-14H2,1-5H3,(H,27,30)/t24-/m0/s1. The topological polar surface area (TPSA) is 67.2 Å². The van der Waals surface area contributed by atoms with Gasteiger partial charge in [-0.05, 0) is 63.2 Å². The monoisotopic (exact) mass is 483 g/mol. The molecule has 1 fully saturated rings. The molecule has 3 heterocycles. The SMILES string of the molecule is CCOc1ccc([C@@H](c2c(NC(=O)c3ccco3)sc(C)c2C)N2CCN(C)CC2)cc1OC. The van der Waals surface area contributed by atoms with Gasteiger partial charge in [-0.2, -0.15) is 0 Å². The van der Waals surface area contributed by atoms with E-state index in [-0.39, 0.29) is 11.9 Å². The third-order valence-electron chi connectivity index (χ3n) is 6.38. The van der Waals surface area contributed by atoms with Crippen LogP contribution < -0.4 is 14.8 Å². The number of furan rings is 1. The number of likely N-dealkylation sites (N-methyl/N-ethyl adjacent to an activating group) is 1. The first-order valence-corrected chi connectivity index (χ1v) is 12.4. The molecule has 4 rings (SSSR count). The molecule has 1 N–H and O–H groups in total. The van der Waals surface area contributed by atoms with E-state index in [1.165, 1.54) is 16.7 Å². The first-order valence-electron chi connectivity index (χ1n) is 11.6. The van der Waals surface area contributed by atoms with Crippen LogP contribution in [0.25, 0.3) is 0 Å². The number of aryl methyl sites for hydroxylation is 1. The van der Waals surface area contributed by atoms with Gasteiger partial charge in [0.25, 0.3) is 5.91 Å². The van der Waals surface area contributed by atoms with Crippen LogP contribution in [0.5, 0.6) is 11.5 Å². The molecule has 8 heteroatoms. The molecule has 2 aromatic heterocycles. The Morgan fingerprint density at radius 1 is 1.18 bits per heavy atom. The van der Waals surface area contributed by atoms with Crippen molar-refractivity contribution in [2.45, 2.75) is 26.8 Å². The molecule has 0 spiro atoms. The summed E-state index contributed by atoms with van der Waals surface area (Å²) < 4.78 is 16.8. The zero-order valence-electron chi connectivity index (χ0n) is 20.5. The number of thiophene rings is 1. The number of amides is 1. The number of hydrogen-bond acceptors (Lipinski definition) is 7. The van der Waals surface area contributed by atoms with Gasteiger partial charge in [-0.3, -0.25) is 9.69 Å². The van der Waals surface area contributed by atoms with Crippen LogP contribution in [0.1, 0.15) is 45.1 Å². The van der Waals surface area contributed by atoms with E-state index in [2.05, 4.69) is 48.1 Å². The second-order valence-electron chi connectivity index (χ2n) is 8.54. The van der Waals surface area contributed by atoms with Gasteiger partial charge in [0.05, 0.1) is 26.0 Å². The van der Waals surface area contributed by atoms with E-state index in [4.69, 9.17) is 13.9 Å². The van der Waals surface area contributed by atoms with Crippen LogP contribution in [0.3, 0.4) is 0 Å². The summed E-state index contributed by atoms with van der Waals surface area (Å²) in [6.45, 7) is 10.6. The first-order chi connectivity index (χ1) is 16.4. The summed E-state index contributed by atoms with van der Waals surface area (Å²) in [7, 11) is 3.82. The lowest BCUT2D eigenvalue weighted by molar-refractivity contribution is 0.0996. The van der Waals surface area contributed by atoms with Gasteiger partial charge in [0.2, 0.25) is 0 Å². The molecule has 0 bridgehead atoms. The third-order valence-corrected chi connectivity index (χ3v) is 7.52. The number of hydrogen-bond donors (Lipinski definition) is 1. The molecule has 0 unspecified atom stereocenters. The highest BCUT2D eigenvalue weighted by molar-refractivity contribution is 7.16. The molecule has 0 saturated carbocycles. The molecule has 1 saturated heterocycles. The molecule has 1 atom stereocenters. The minimum Gasteiger partial charge on any atom is -0.493 e. The van der Waals surface area contributed by atoms with E-state index in [1.54, 1.807) is 30.6 Å². The summed E-state index contributed by atoms with van der Waals surface area (Å²) in [5.74, 6) is 1.50. The van der Waals surface area contributed by atoms with Gasteiger partial charge >= 0.3 is 0 Å². The lowest BCUT2D eigenvalue weighted by Gasteiger charge is -2.39. The van der Waals surface area contributed by atoms with Gasteiger partial charge in [-0.25, -0.2) is 0 Å². The van der Waals surface area contributed by atoms with Crippen molar-refractivity contribution in [1.82, 2.24) is 9.80 Å². The normalized spacial score (nSPS) is 15.8. The summed E-state index contributed by atoms with van der Waals surface area (Å²) in [4.78, 5) is 18.9. The van der Waals surface area contributed by atoms with Crippen molar-refractivity contribution in [3.8, 4) is 11.5 Å². The Balaban J connectivity index is 1.79. The van der Waals surface area contributed by atoms with E-state index < -0.39 is 0 Å². The molecule has 3 aromatic rings. The Morgan fingerprint density at radius 2 is 1.94 bits per heavy atom. The fourth-order valence-electron chi connectivity index (χ4n) is 4.41. The van der Waals surface area contributed by atoms with Crippen molar-refractivity contribution in [1.29, 1.82) is 0 Å². The lowest BCUT2D eigenvalue weighted by Crippen LogP contribution is -2.46. The van der Waals surface area contributed by atoms with E-state index in [1.807, 2.05) is 13.0 Å². The number of piperazine rings is 1. The van der Waals surface area contributed by atoms with E-state index in [0.29, 0.717) is 18.1 Å². The lowest BCUT2D eigenvalue weighted by atomic mass is 9.94. The molecule has 182 valence electrons. The number of nitrogens with zero attached hydrogens (tertiary/aromatic N) is 2. The molecule has 1 amide bonds. The molecule has 1 aromatic carbocycles. The maximum absolute atomic E-state index is 12.9. The summed E-state index contributed by atoms with van der Waals surface area (Å²) in [6.07, 6.45) is 1.51. The molecule has 34 heavy (non-hydrogen) atoms. The molecule has 1 aliphatic rings. The van der Waals surface area contributed by atoms with Gasteiger partial charge in [0, 0.05) is 36.6 Å². The van der Waals surface area contributed by atoms with E-state index in [9.17, 15) is 4.79 Å². The fraction of sp³-hybridized carbons (Fsp3) is 0.423. The van der Waals surface area contributed by atoms with Crippen molar-refractivity contribution >= 4 is 22.2 Å². The Hall–Kier alpha value is -2.81. The van der Waals surface area contributed by atoms with Crippen molar-refractivity contribution in [2.75, 3.05) is 52.3 Å². The predicted octanol–water partition coefficient (Wildman–Crippen LogP) is 4.95. The second-order valence-corrected chi connectivity index (χ2v) is 9.77. The average Bonchev–Trinajstić information content (AvgIpc) is 3.46.